The quantitative estimate of drug-likeness (QED) is 0.699. The molecule has 1 heterocycles. The van der Waals surface area contributed by atoms with E-state index in [-0.39, 0.29) is 0 Å². The number of para-hydroxylation sites is 1. The van der Waals surface area contributed by atoms with Crippen LogP contribution in [0.2, 0.25) is 0 Å². The van der Waals surface area contributed by atoms with Crippen molar-refractivity contribution < 1.29 is 0 Å². The standard InChI is InChI=1S/C17H16N2/c1-19(13-14-7-3-2-4-8-14)17-12-11-15-9-5-6-10-16(15)18-17/h2-12H,13H2,1H3. The number of pyridine rings is 1. The number of aromatic nitrogens is 1. The van der Waals surface area contributed by atoms with Crippen molar-refractivity contribution >= 4 is 16.7 Å². The normalized spacial score (nSPS) is 10.6. The minimum absolute atomic E-state index is 0.867. The topological polar surface area (TPSA) is 16.1 Å². The van der Waals surface area contributed by atoms with Crippen molar-refractivity contribution in [1.82, 2.24) is 4.98 Å². The molecule has 2 nitrogen and oxygen atoms in total. The molecular weight excluding hydrogens is 232 g/mol. The fourth-order valence-electron chi connectivity index (χ4n) is 2.21. The van der Waals surface area contributed by atoms with Gasteiger partial charge in [-0.25, -0.2) is 4.98 Å². The molecule has 0 bridgehead atoms. The van der Waals surface area contributed by atoms with Crippen molar-refractivity contribution in [3.63, 3.8) is 0 Å². The molecule has 0 unspecified atom stereocenters. The molecule has 0 aliphatic carbocycles. The van der Waals surface area contributed by atoms with E-state index in [0.717, 1.165) is 17.9 Å². The van der Waals surface area contributed by atoms with Crippen molar-refractivity contribution in [3.05, 3.63) is 72.3 Å². The summed E-state index contributed by atoms with van der Waals surface area (Å²) in [6.45, 7) is 0.867. The molecule has 0 N–H and O–H groups in total. The van der Waals surface area contributed by atoms with E-state index < -0.39 is 0 Å². The monoisotopic (exact) mass is 248 g/mol. The first kappa shape index (κ1) is 11.7. The summed E-state index contributed by atoms with van der Waals surface area (Å²) >= 11 is 0. The van der Waals surface area contributed by atoms with Crippen LogP contribution in [0.1, 0.15) is 5.56 Å². The summed E-state index contributed by atoms with van der Waals surface area (Å²) in [4.78, 5) is 6.87. The Hall–Kier alpha value is -2.35. The molecule has 0 aliphatic heterocycles. The molecule has 0 aliphatic rings. The number of hydrogen-bond donors (Lipinski definition) is 0. The molecule has 2 aromatic carbocycles. The van der Waals surface area contributed by atoms with Crippen LogP contribution < -0.4 is 4.90 Å². The predicted molar refractivity (Wildman–Crippen MR) is 80.3 cm³/mol. The lowest BCUT2D eigenvalue weighted by Gasteiger charge is -2.18. The highest BCUT2D eigenvalue weighted by molar-refractivity contribution is 5.80. The van der Waals surface area contributed by atoms with Gasteiger partial charge in [-0.05, 0) is 23.8 Å². The molecule has 0 fully saturated rings. The van der Waals surface area contributed by atoms with Crippen LogP contribution in [0.15, 0.2) is 66.7 Å². The minimum atomic E-state index is 0.867. The molecule has 2 heteroatoms. The van der Waals surface area contributed by atoms with Gasteiger partial charge in [0.15, 0.2) is 0 Å². The fourth-order valence-corrected chi connectivity index (χ4v) is 2.21. The highest BCUT2D eigenvalue weighted by atomic mass is 15.2. The third-order valence-electron chi connectivity index (χ3n) is 3.24. The predicted octanol–water partition coefficient (Wildman–Crippen LogP) is 3.87. The van der Waals surface area contributed by atoms with E-state index in [1.807, 2.05) is 18.2 Å². The third-order valence-corrected chi connectivity index (χ3v) is 3.24. The van der Waals surface area contributed by atoms with Crippen LogP contribution in [0.5, 0.6) is 0 Å². The average Bonchev–Trinajstić information content (AvgIpc) is 2.48. The Morgan fingerprint density at radius 2 is 1.58 bits per heavy atom. The van der Waals surface area contributed by atoms with Crippen molar-refractivity contribution in [2.24, 2.45) is 0 Å². The van der Waals surface area contributed by atoms with E-state index in [9.17, 15) is 0 Å². The molecule has 94 valence electrons. The van der Waals surface area contributed by atoms with Gasteiger partial charge in [-0.2, -0.15) is 0 Å². The van der Waals surface area contributed by atoms with Gasteiger partial charge in [0.2, 0.25) is 0 Å². The molecule has 19 heavy (non-hydrogen) atoms. The van der Waals surface area contributed by atoms with Gasteiger partial charge in [-0.3, -0.25) is 0 Å². The summed E-state index contributed by atoms with van der Waals surface area (Å²) in [7, 11) is 2.07. The van der Waals surface area contributed by atoms with Crippen LogP contribution >= 0.6 is 0 Å². The largest absolute Gasteiger partial charge is 0.355 e. The van der Waals surface area contributed by atoms with Gasteiger partial charge in [-0.1, -0.05) is 48.5 Å². The van der Waals surface area contributed by atoms with Crippen molar-refractivity contribution in [2.45, 2.75) is 6.54 Å². The van der Waals surface area contributed by atoms with Crippen LogP contribution in [0.4, 0.5) is 5.82 Å². The summed E-state index contributed by atoms with van der Waals surface area (Å²) in [6, 6.07) is 22.8. The van der Waals surface area contributed by atoms with Gasteiger partial charge in [0.1, 0.15) is 5.82 Å². The average molecular weight is 248 g/mol. The molecule has 3 rings (SSSR count). The molecule has 1 aromatic heterocycles. The first-order valence-electron chi connectivity index (χ1n) is 6.44. The number of benzene rings is 2. The Labute approximate surface area is 113 Å². The number of rotatable bonds is 3. The zero-order valence-electron chi connectivity index (χ0n) is 11.0. The Bertz CT molecular complexity index is 677. The molecule has 0 radical (unpaired) electrons. The number of hydrogen-bond acceptors (Lipinski definition) is 2. The molecule has 0 atom stereocenters. The summed E-state index contributed by atoms with van der Waals surface area (Å²) in [5.74, 6) is 1.00. The second-order valence-electron chi connectivity index (χ2n) is 4.70. The van der Waals surface area contributed by atoms with Crippen molar-refractivity contribution in [2.75, 3.05) is 11.9 Å². The Morgan fingerprint density at radius 1 is 0.842 bits per heavy atom. The van der Waals surface area contributed by atoms with Gasteiger partial charge < -0.3 is 4.90 Å². The fraction of sp³-hybridized carbons (Fsp3) is 0.118. The lowest BCUT2D eigenvalue weighted by molar-refractivity contribution is 0.903. The van der Waals surface area contributed by atoms with E-state index in [4.69, 9.17) is 4.98 Å². The summed E-state index contributed by atoms with van der Waals surface area (Å²) in [6.07, 6.45) is 0. The van der Waals surface area contributed by atoms with E-state index in [1.54, 1.807) is 0 Å². The first-order valence-corrected chi connectivity index (χ1v) is 6.44. The molecule has 0 saturated carbocycles. The maximum absolute atomic E-state index is 4.70. The Kier molecular flexibility index (Phi) is 3.15. The van der Waals surface area contributed by atoms with Crippen molar-refractivity contribution in [3.8, 4) is 0 Å². The molecule has 0 spiro atoms. The van der Waals surface area contributed by atoms with Crippen molar-refractivity contribution in [1.29, 1.82) is 0 Å². The van der Waals surface area contributed by atoms with Crippen LogP contribution in [0.25, 0.3) is 10.9 Å². The highest BCUT2D eigenvalue weighted by Crippen LogP contribution is 2.18. The van der Waals surface area contributed by atoms with Crippen LogP contribution in [-0.4, -0.2) is 12.0 Å². The van der Waals surface area contributed by atoms with E-state index in [0.29, 0.717) is 0 Å². The first-order chi connectivity index (χ1) is 9.33. The number of nitrogens with zero attached hydrogens (tertiary/aromatic N) is 2. The minimum Gasteiger partial charge on any atom is -0.355 e. The van der Waals surface area contributed by atoms with Crippen LogP contribution in [0.3, 0.4) is 0 Å². The maximum Gasteiger partial charge on any atom is 0.129 e. The van der Waals surface area contributed by atoms with E-state index >= 15 is 0 Å². The van der Waals surface area contributed by atoms with Crippen LogP contribution in [-0.2, 0) is 6.54 Å². The van der Waals surface area contributed by atoms with Gasteiger partial charge in [0.25, 0.3) is 0 Å². The van der Waals surface area contributed by atoms with Gasteiger partial charge in [0.05, 0.1) is 5.52 Å². The van der Waals surface area contributed by atoms with Gasteiger partial charge >= 0.3 is 0 Å². The van der Waals surface area contributed by atoms with E-state index in [2.05, 4.69) is 60.5 Å². The number of anilines is 1. The molecule has 3 aromatic rings. The second-order valence-corrected chi connectivity index (χ2v) is 4.70. The molecule has 0 amide bonds. The molecule has 0 saturated heterocycles. The zero-order chi connectivity index (χ0) is 13.1. The Balaban J connectivity index is 1.87. The smallest absolute Gasteiger partial charge is 0.129 e. The van der Waals surface area contributed by atoms with Gasteiger partial charge in [-0.15, -0.1) is 0 Å². The second kappa shape index (κ2) is 5.11. The Morgan fingerprint density at radius 3 is 2.42 bits per heavy atom. The molecular formula is C17H16N2. The zero-order valence-corrected chi connectivity index (χ0v) is 11.0. The highest BCUT2D eigenvalue weighted by Gasteiger charge is 2.04. The number of fused-ring (bicyclic) bond motifs is 1. The third kappa shape index (κ3) is 2.58. The van der Waals surface area contributed by atoms with Gasteiger partial charge in [0, 0.05) is 19.0 Å². The van der Waals surface area contributed by atoms with Crippen LogP contribution in [0, 0.1) is 0 Å². The lowest BCUT2D eigenvalue weighted by Crippen LogP contribution is -2.17. The summed E-state index contributed by atoms with van der Waals surface area (Å²) in [5.41, 5.74) is 2.33. The SMILES string of the molecule is CN(Cc1ccccc1)c1ccc2ccccc2n1. The summed E-state index contributed by atoms with van der Waals surface area (Å²) < 4.78 is 0. The van der Waals surface area contributed by atoms with E-state index in [1.165, 1.54) is 10.9 Å². The maximum atomic E-state index is 4.70. The summed E-state index contributed by atoms with van der Waals surface area (Å²) in [5, 5.41) is 1.18. The lowest BCUT2D eigenvalue weighted by atomic mass is 10.2.